The van der Waals surface area contributed by atoms with Gasteiger partial charge in [-0.25, -0.2) is 19.9 Å². The highest BCUT2D eigenvalue weighted by Gasteiger charge is 2.24. The van der Waals surface area contributed by atoms with Gasteiger partial charge < -0.3 is 0 Å². The van der Waals surface area contributed by atoms with Gasteiger partial charge in [0.1, 0.15) is 0 Å². The molecule has 0 fully saturated rings. The number of nitrogens with one attached hydrogen (secondary N) is 1. The van der Waals surface area contributed by atoms with Gasteiger partial charge in [-0.15, -0.1) is 0 Å². The summed E-state index contributed by atoms with van der Waals surface area (Å²) in [7, 11) is 0. The number of aryl methyl sites for hydroxylation is 2. The number of thioether (sulfide) groups is 1. The van der Waals surface area contributed by atoms with Crippen LogP contribution < -0.4 is 5.32 Å². The Morgan fingerprint density at radius 2 is 1.96 bits per heavy atom. The largest absolute Gasteiger partial charge is 0.294 e. The van der Waals surface area contributed by atoms with Crippen molar-refractivity contribution in [3.63, 3.8) is 0 Å². The Balaban J connectivity index is 1.63. The Morgan fingerprint density at radius 3 is 2.68 bits per heavy atom. The highest BCUT2D eigenvalue weighted by atomic mass is 32.2. The lowest BCUT2D eigenvalue weighted by Crippen LogP contribution is -2.22. The predicted molar refractivity (Wildman–Crippen MR) is 94.7 cm³/mol. The van der Waals surface area contributed by atoms with E-state index in [1.807, 2.05) is 26.8 Å². The Hall–Kier alpha value is -2.35. The molecule has 0 aromatic carbocycles. The standard InChI is InChI=1S/C17H19N5O2S/c1-9-4-13-12(14(23)5-9)7-18-16(21-13)22-15(24)8-25-17-19-10(2)6-11(3)20-17/h6-7,9H,4-5,8H2,1-3H3,(H,18,21,22,24)/t9-/m1/s1. The summed E-state index contributed by atoms with van der Waals surface area (Å²) in [5, 5.41) is 3.24. The van der Waals surface area contributed by atoms with E-state index in [1.54, 1.807) is 0 Å². The van der Waals surface area contributed by atoms with Crippen molar-refractivity contribution in [2.45, 2.75) is 38.8 Å². The minimum atomic E-state index is -0.233. The maximum absolute atomic E-state index is 12.1. The maximum atomic E-state index is 12.1. The van der Waals surface area contributed by atoms with E-state index in [-0.39, 0.29) is 29.3 Å². The van der Waals surface area contributed by atoms with E-state index in [2.05, 4.69) is 25.3 Å². The van der Waals surface area contributed by atoms with Crippen molar-refractivity contribution in [3.05, 3.63) is 34.9 Å². The minimum absolute atomic E-state index is 0.0640. The average Bonchev–Trinajstić information content (AvgIpc) is 2.51. The van der Waals surface area contributed by atoms with E-state index in [4.69, 9.17) is 0 Å². The second kappa shape index (κ2) is 7.26. The summed E-state index contributed by atoms with van der Waals surface area (Å²) < 4.78 is 0. The Morgan fingerprint density at radius 1 is 1.24 bits per heavy atom. The molecule has 3 rings (SSSR count). The van der Waals surface area contributed by atoms with Crippen LogP contribution >= 0.6 is 11.8 Å². The van der Waals surface area contributed by atoms with Crippen LogP contribution in [0.1, 0.15) is 40.8 Å². The SMILES string of the molecule is Cc1cc(C)nc(SCC(=O)Nc2ncc3c(n2)C[C@@H](C)CC3=O)n1. The van der Waals surface area contributed by atoms with Gasteiger partial charge in [-0.3, -0.25) is 14.9 Å². The molecule has 0 aliphatic heterocycles. The molecule has 0 saturated carbocycles. The highest BCUT2D eigenvalue weighted by molar-refractivity contribution is 7.99. The van der Waals surface area contributed by atoms with Crippen LogP contribution in [-0.4, -0.2) is 37.4 Å². The number of carbonyl (C=O) groups excluding carboxylic acids is 2. The molecular weight excluding hydrogens is 338 g/mol. The second-order valence-electron chi connectivity index (χ2n) is 6.26. The number of hydrogen-bond donors (Lipinski definition) is 1. The fourth-order valence-corrected chi connectivity index (χ4v) is 3.49. The number of carbonyl (C=O) groups is 2. The van der Waals surface area contributed by atoms with E-state index in [9.17, 15) is 9.59 Å². The summed E-state index contributed by atoms with van der Waals surface area (Å²) in [6.07, 6.45) is 2.75. The molecule has 0 radical (unpaired) electrons. The molecule has 0 unspecified atom stereocenters. The van der Waals surface area contributed by atoms with Crippen molar-refractivity contribution in [1.82, 2.24) is 19.9 Å². The van der Waals surface area contributed by atoms with Crippen molar-refractivity contribution >= 4 is 29.4 Å². The number of rotatable bonds is 4. The number of anilines is 1. The third kappa shape index (κ3) is 4.39. The maximum Gasteiger partial charge on any atom is 0.237 e. The molecule has 0 spiro atoms. The molecule has 1 amide bonds. The smallest absolute Gasteiger partial charge is 0.237 e. The number of aromatic nitrogens is 4. The van der Waals surface area contributed by atoms with Crippen LogP contribution in [0.25, 0.3) is 0 Å². The van der Waals surface area contributed by atoms with Crippen molar-refractivity contribution in [2.24, 2.45) is 5.92 Å². The molecule has 1 aliphatic carbocycles. The molecule has 2 heterocycles. The summed E-state index contributed by atoms with van der Waals surface area (Å²) in [6.45, 7) is 5.80. The quantitative estimate of drug-likeness (QED) is 0.662. The normalized spacial score (nSPS) is 16.4. The van der Waals surface area contributed by atoms with E-state index in [0.717, 1.165) is 17.8 Å². The zero-order valence-corrected chi connectivity index (χ0v) is 15.2. The average molecular weight is 357 g/mol. The van der Waals surface area contributed by atoms with Crippen LogP contribution in [0.4, 0.5) is 5.95 Å². The van der Waals surface area contributed by atoms with Gasteiger partial charge in [-0.1, -0.05) is 18.7 Å². The second-order valence-corrected chi connectivity index (χ2v) is 7.20. The molecule has 1 atom stereocenters. The molecule has 1 aliphatic rings. The summed E-state index contributed by atoms with van der Waals surface area (Å²) in [6, 6.07) is 1.88. The zero-order valence-electron chi connectivity index (χ0n) is 14.4. The highest BCUT2D eigenvalue weighted by Crippen LogP contribution is 2.24. The molecule has 8 heteroatoms. The van der Waals surface area contributed by atoms with Crippen molar-refractivity contribution in [1.29, 1.82) is 0 Å². The topological polar surface area (TPSA) is 97.7 Å². The predicted octanol–water partition coefficient (Wildman–Crippen LogP) is 2.38. The number of amides is 1. The van der Waals surface area contributed by atoms with Crippen LogP contribution in [0, 0.1) is 19.8 Å². The number of Topliss-reactive ketones (excluding diaryl/α,β-unsaturated/α-hetero) is 1. The first-order valence-electron chi connectivity index (χ1n) is 8.05. The van der Waals surface area contributed by atoms with Crippen LogP contribution in [0.2, 0.25) is 0 Å². The van der Waals surface area contributed by atoms with Gasteiger partial charge in [0.25, 0.3) is 0 Å². The zero-order chi connectivity index (χ0) is 18.0. The van der Waals surface area contributed by atoms with Gasteiger partial charge in [-0.05, 0) is 32.3 Å². The minimum Gasteiger partial charge on any atom is -0.294 e. The van der Waals surface area contributed by atoms with Crippen molar-refractivity contribution in [3.8, 4) is 0 Å². The molecule has 2 aromatic rings. The number of fused-ring (bicyclic) bond motifs is 1. The molecule has 2 aromatic heterocycles. The summed E-state index contributed by atoms with van der Waals surface area (Å²) >= 11 is 1.26. The first-order chi connectivity index (χ1) is 11.9. The van der Waals surface area contributed by atoms with Crippen LogP contribution in [0.15, 0.2) is 17.4 Å². The lowest BCUT2D eigenvalue weighted by atomic mass is 9.88. The van der Waals surface area contributed by atoms with Gasteiger partial charge in [0.05, 0.1) is 17.0 Å². The molecular formula is C17H19N5O2S. The van der Waals surface area contributed by atoms with Crippen LogP contribution in [0.3, 0.4) is 0 Å². The molecule has 1 N–H and O–H groups in total. The molecule has 130 valence electrons. The van der Waals surface area contributed by atoms with Crippen molar-refractivity contribution < 1.29 is 9.59 Å². The first-order valence-corrected chi connectivity index (χ1v) is 9.03. The first kappa shape index (κ1) is 17.5. The Kier molecular flexibility index (Phi) is 5.08. The Labute approximate surface area is 150 Å². The van der Waals surface area contributed by atoms with E-state index in [0.29, 0.717) is 22.8 Å². The molecule has 0 bridgehead atoms. The van der Waals surface area contributed by atoms with E-state index >= 15 is 0 Å². The third-order valence-electron chi connectivity index (χ3n) is 3.79. The Bertz CT molecular complexity index is 820. The van der Waals surface area contributed by atoms with Crippen LogP contribution in [0.5, 0.6) is 0 Å². The summed E-state index contributed by atoms with van der Waals surface area (Å²) in [4.78, 5) is 41.1. The van der Waals surface area contributed by atoms with Gasteiger partial charge in [0.2, 0.25) is 11.9 Å². The van der Waals surface area contributed by atoms with E-state index < -0.39 is 0 Å². The monoisotopic (exact) mass is 357 g/mol. The fraction of sp³-hybridized carbons (Fsp3) is 0.412. The fourth-order valence-electron chi connectivity index (χ4n) is 2.74. The van der Waals surface area contributed by atoms with Gasteiger partial charge in [0.15, 0.2) is 10.9 Å². The lowest BCUT2D eigenvalue weighted by Gasteiger charge is -2.19. The van der Waals surface area contributed by atoms with E-state index in [1.165, 1.54) is 18.0 Å². The number of ketones is 1. The third-order valence-corrected chi connectivity index (χ3v) is 4.64. The van der Waals surface area contributed by atoms with Gasteiger partial charge in [0, 0.05) is 24.0 Å². The van der Waals surface area contributed by atoms with Crippen LogP contribution in [-0.2, 0) is 11.2 Å². The van der Waals surface area contributed by atoms with Gasteiger partial charge in [-0.2, -0.15) is 0 Å². The van der Waals surface area contributed by atoms with Crippen molar-refractivity contribution in [2.75, 3.05) is 11.1 Å². The molecule has 7 nitrogen and oxygen atoms in total. The van der Waals surface area contributed by atoms with Gasteiger partial charge >= 0.3 is 0 Å². The number of nitrogens with zero attached hydrogens (tertiary/aromatic N) is 4. The summed E-state index contributed by atoms with van der Waals surface area (Å²) in [5.74, 6) is 0.485. The summed E-state index contributed by atoms with van der Waals surface area (Å²) in [5.41, 5.74) is 3.01. The number of hydrogen-bond acceptors (Lipinski definition) is 7. The lowest BCUT2D eigenvalue weighted by molar-refractivity contribution is -0.113. The molecule has 25 heavy (non-hydrogen) atoms. The molecule has 0 saturated heterocycles.